The fourth-order valence-corrected chi connectivity index (χ4v) is 1.97. The van der Waals surface area contributed by atoms with Crippen LogP contribution >= 0.6 is 0 Å². The van der Waals surface area contributed by atoms with Crippen molar-refractivity contribution in [3.63, 3.8) is 0 Å². The van der Waals surface area contributed by atoms with E-state index >= 15 is 0 Å². The van der Waals surface area contributed by atoms with Gasteiger partial charge in [0.25, 0.3) is 0 Å². The molecule has 6 nitrogen and oxygen atoms in total. The monoisotopic (exact) mass is 265 g/mol. The third-order valence-electron chi connectivity index (χ3n) is 3.09. The van der Waals surface area contributed by atoms with Gasteiger partial charge in [0.15, 0.2) is 11.5 Å². The molecule has 0 atom stereocenters. The number of urea groups is 1. The van der Waals surface area contributed by atoms with Crippen LogP contribution in [0.3, 0.4) is 0 Å². The first kappa shape index (κ1) is 13.5. The minimum Gasteiger partial charge on any atom is -0.493 e. The lowest BCUT2D eigenvalue weighted by Gasteiger charge is -2.27. The van der Waals surface area contributed by atoms with E-state index in [-0.39, 0.29) is 6.03 Å². The fraction of sp³-hybridized carbons (Fsp3) is 0.462. The van der Waals surface area contributed by atoms with E-state index in [2.05, 4.69) is 15.5 Å². The second-order valence-corrected chi connectivity index (χ2v) is 4.33. The summed E-state index contributed by atoms with van der Waals surface area (Å²) in [5.41, 5.74) is 1.18. The van der Waals surface area contributed by atoms with Crippen LogP contribution in [0.1, 0.15) is 5.56 Å². The zero-order valence-electron chi connectivity index (χ0n) is 11.2. The lowest BCUT2D eigenvalue weighted by molar-refractivity contribution is 0.183. The third kappa shape index (κ3) is 3.51. The van der Waals surface area contributed by atoms with Gasteiger partial charge in [0.05, 0.1) is 27.6 Å². The van der Waals surface area contributed by atoms with E-state index in [0.29, 0.717) is 13.3 Å². The van der Waals surface area contributed by atoms with E-state index in [1.165, 1.54) is 5.56 Å². The first-order valence-electron chi connectivity index (χ1n) is 6.18. The largest absolute Gasteiger partial charge is 0.493 e. The van der Waals surface area contributed by atoms with Gasteiger partial charge in [-0.2, -0.15) is 0 Å². The number of rotatable bonds is 5. The predicted molar refractivity (Wildman–Crippen MR) is 71.4 cm³/mol. The zero-order chi connectivity index (χ0) is 13.7. The number of methoxy groups -OCH3 is 2. The van der Waals surface area contributed by atoms with Crippen molar-refractivity contribution >= 4 is 6.03 Å². The first-order valence-corrected chi connectivity index (χ1v) is 6.18. The standard InChI is InChI=1S/C13H19N3O3/c1-18-11-4-3-10(7-12(11)19-2)5-6-16-8-14-13(17)15-9-16/h3-4,7H,5-6,8-9H2,1-2H3,(H2,14,15,17). The molecule has 0 unspecified atom stereocenters. The molecule has 2 amide bonds. The molecule has 1 aromatic carbocycles. The number of nitrogens with one attached hydrogen (secondary N) is 2. The Balaban J connectivity index is 1.90. The average Bonchev–Trinajstić information content (AvgIpc) is 2.46. The maximum atomic E-state index is 11.0. The summed E-state index contributed by atoms with van der Waals surface area (Å²) in [5.74, 6) is 1.48. The van der Waals surface area contributed by atoms with Crippen molar-refractivity contribution in [2.75, 3.05) is 34.1 Å². The molecule has 1 saturated heterocycles. The predicted octanol–water partition coefficient (Wildman–Crippen LogP) is 0.776. The Kier molecular flexibility index (Phi) is 4.46. The molecule has 1 fully saturated rings. The summed E-state index contributed by atoms with van der Waals surface area (Å²) in [6.07, 6.45) is 0.887. The van der Waals surface area contributed by atoms with Gasteiger partial charge in [-0.3, -0.25) is 4.90 Å². The SMILES string of the molecule is COc1ccc(CCN2CNC(=O)NC2)cc1OC. The van der Waals surface area contributed by atoms with Crippen LogP contribution in [0.25, 0.3) is 0 Å². The Morgan fingerprint density at radius 2 is 1.84 bits per heavy atom. The summed E-state index contributed by atoms with van der Waals surface area (Å²) >= 11 is 0. The van der Waals surface area contributed by atoms with Crippen LogP contribution in [0, 0.1) is 0 Å². The molecule has 0 aromatic heterocycles. The van der Waals surface area contributed by atoms with Gasteiger partial charge < -0.3 is 20.1 Å². The molecule has 1 aliphatic rings. The summed E-state index contributed by atoms with van der Waals surface area (Å²) in [7, 11) is 3.26. The number of nitrogens with zero attached hydrogens (tertiary/aromatic N) is 1. The molecule has 2 N–H and O–H groups in total. The molecule has 1 aliphatic heterocycles. The van der Waals surface area contributed by atoms with Gasteiger partial charge >= 0.3 is 6.03 Å². The summed E-state index contributed by atoms with van der Waals surface area (Å²) in [5, 5.41) is 5.48. The molecule has 0 spiro atoms. The number of carbonyl (C=O) groups excluding carboxylic acids is 1. The van der Waals surface area contributed by atoms with Crippen LogP contribution in [0.4, 0.5) is 4.79 Å². The number of benzene rings is 1. The fourth-order valence-electron chi connectivity index (χ4n) is 1.97. The van der Waals surface area contributed by atoms with E-state index in [1.54, 1.807) is 14.2 Å². The van der Waals surface area contributed by atoms with Crippen molar-refractivity contribution in [3.8, 4) is 11.5 Å². The molecule has 2 rings (SSSR count). The van der Waals surface area contributed by atoms with Crippen LogP contribution in [-0.4, -0.2) is 45.0 Å². The Morgan fingerprint density at radius 3 is 2.47 bits per heavy atom. The zero-order valence-corrected chi connectivity index (χ0v) is 11.2. The maximum Gasteiger partial charge on any atom is 0.316 e. The van der Waals surface area contributed by atoms with Crippen LogP contribution < -0.4 is 20.1 Å². The number of hydrogen-bond donors (Lipinski definition) is 2. The smallest absolute Gasteiger partial charge is 0.316 e. The van der Waals surface area contributed by atoms with Gasteiger partial charge in [-0.15, -0.1) is 0 Å². The Morgan fingerprint density at radius 1 is 1.16 bits per heavy atom. The van der Waals surface area contributed by atoms with Crippen molar-refractivity contribution < 1.29 is 14.3 Å². The highest BCUT2D eigenvalue weighted by atomic mass is 16.5. The minimum atomic E-state index is -0.109. The highest BCUT2D eigenvalue weighted by Gasteiger charge is 2.13. The minimum absolute atomic E-state index is 0.109. The Bertz CT molecular complexity index is 441. The van der Waals surface area contributed by atoms with Gasteiger partial charge in [0, 0.05) is 6.54 Å². The summed E-state index contributed by atoms with van der Waals surface area (Å²) in [6.45, 7) is 2.03. The molecule has 0 bridgehead atoms. The van der Waals surface area contributed by atoms with Crippen molar-refractivity contribution in [1.82, 2.24) is 15.5 Å². The average molecular weight is 265 g/mol. The maximum absolute atomic E-state index is 11.0. The van der Waals surface area contributed by atoms with E-state index in [0.717, 1.165) is 24.5 Å². The van der Waals surface area contributed by atoms with Crippen LogP contribution in [0.2, 0.25) is 0 Å². The molecule has 19 heavy (non-hydrogen) atoms. The summed E-state index contributed by atoms with van der Waals surface area (Å²) < 4.78 is 10.5. The molecule has 104 valence electrons. The van der Waals surface area contributed by atoms with E-state index in [9.17, 15) is 4.79 Å². The van der Waals surface area contributed by atoms with Crippen LogP contribution in [0.5, 0.6) is 11.5 Å². The third-order valence-corrected chi connectivity index (χ3v) is 3.09. The number of ether oxygens (including phenoxy) is 2. The number of carbonyl (C=O) groups is 1. The van der Waals surface area contributed by atoms with Crippen molar-refractivity contribution in [2.24, 2.45) is 0 Å². The highest BCUT2D eigenvalue weighted by molar-refractivity contribution is 5.74. The van der Waals surface area contributed by atoms with Gasteiger partial charge in [-0.1, -0.05) is 6.07 Å². The Labute approximate surface area is 112 Å². The molecule has 1 aromatic rings. The molecule has 1 heterocycles. The lowest BCUT2D eigenvalue weighted by atomic mass is 10.1. The first-order chi connectivity index (χ1) is 9.22. The Hall–Kier alpha value is -1.95. The molecular formula is C13H19N3O3. The lowest BCUT2D eigenvalue weighted by Crippen LogP contribution is -2.54. The van der Waals surface area contributed by atoms with Gasteiger partial charge in [0.2, 0.25) is 0 Å². The number of hydrogen-bond acceptors (Lipinski definition) is 4. The second-order valence-electron chi connectivity index (χ2n) is 4.33. The highest BCUT2D eigenvalue weighted by Crippen LogP contribution is 2.27. The van der Waals surface area contributed by atoms with Crippen LogP contribution in [-0.2, 0) is 6.42 Å². The molecule has 0 radical (unpaired) electrons. The van der Waals surface area contributed by atoms with Crippen LogP contribution in [0.15, 0.2) is 18.2 Å². The summed E-state index contributed by atoms with van der Waals surface area (Å²) in [6, 6.07) is 5.80. The normalized spacial score (nSPS) is 15.6. The van der Waals surface area contributed by atoms with E-state index < -0.39 is 0 Å². The van der Waals surface area contributed by atoms with Gasteiger partial charge in [-0.05, 0) is 24.1 Å². The molecule has 6 heteroatoms. The van der Waals surface area contributed by atoms with E-state index in [4.69, 9.17) is 9.47 Å². The van der Waals surface area contributed by atoms with Crippen molar-refractivity contribution in [2.45, 2.75) is 6.42 Å². The van der Waals surface area contributed by atoms with Gasteiger partial charge in [0.1, 0.15) is 0 Å². The second kappa shape index (κ2) is 6.29. The van der Waals surface area contributed by atoms with Gasteiger partial charge in [-0.25, -0.2) is 4.79 Å². The van der Waals surface area contributed by atoms with E-state index in [1.807, 2.05) is 18.2 Å². The quantitative estimate of drug-likeness (QED) is 0.825. The molecular weight excluding hydrogens is 246 g/mol. The summed E-state index contributed by atoms with van der Waals surface area (Å²) in [4.78, 5) is 13.1. The molecule has 0 aliphatic carbocycles. The number of amides is 2. The van der Waals surface area contributed by atoms with Crippen molar-refractivity contribution in [1.29, 1.82) is 0 Å². The topological polar surface area (TPSA) is 62.8 Å². The molecule has 0 saturated carbocycles. The van der Waals surface area contributed by atoms with Crippen molar-refractivity contribution in [3.05, 3.63) is 23.8 Å².